The second kappa shape index (κ2) is 5.87. The largest absolute Gasteiger partial charge is 0.369 e. The van der Waals surface area contributed by atoms with Crippen LogP contribution in [0.1, 0.15) is 30.1 Å². The van der Waals surface area contributed by atoms with Crippen molar-refractivity contribution >= 4 is 17.3 Å². The summed E-state index contributed by atoms with van der Waals surface area (Å²) in [6.45, 7) is 3.93. The number of pyridine rings is 1. The lowest BCUT2D eigenvalue weighted by molar-refractivity contribution is 0.470. The molecule has 0 bridgehead atoms. The summed E-state index contributed by atoms with van der Waals surface area (Å²) in [5.74, 6) is 7.38. The van der Waals surface area contributed by atoms with Crippen LogP contribution in [0, 0.1) is 11.8 Å². The van der Waals surface area contributed by atoms with E-state index in [0.717, 1.165) is 33.8 Å². The van der Waals surface area contributed by atoms with Gasteiger partial charge in [-0.2, -0.15) is 0 Å². The molecule has 0 spiro atoms. The molecule has 3 aromatic rings. The second-order valence-corrected chi connectivity index (χ2v) is 7.08. The first-order valence-corrected chi connectivity index (χ1v) is 8.82. The number of fused-ring (bicyclic) bond motifs is 1. The van der Waals surface area contributed by atoms with E-state index >= 15 is 0 Å². The molecule has 1 unspecified atom stereocenters. The van der Waals surface area contributed by atoms with Crippen LogP contribution in [0.25, 0.3) is 11.1 Å². The van der Waals surface area contributed by atoms with Gasteiger partial charge >= 0.3 is 0 Å². The first kappa shape index (κ1) is 15.6. The van der Waals surface area contributed by atoms with E-state index in [4.69, 9.17) is 10.7 Å². The predicted octanol–water partition coefficient (Wildman–Crippen LogP) is 3.01. The van der Waals surface area contributed by atoms with Crippen molar-refractivity contribution in [1.29, 1.82) is 0 Å². The lowest BCUT2D eigenvalue weighted by atomic mass is 9.94. The van der Waals surface area contributed by atoms with Gasteiger partial charge in [0.1, 0.15) is 11.4 Å². The maximum atomic E-state index is 6.13. The Labute approximate surface area is 150 Å². The molecule has 3 aromatic heterocycles. The Hall–Kier alpha value is -2.91. The first-order valence-electron chi connectivity index (χ1n) is 7.94. The summed E-state index contributed by atoms with van der Waals surface area (Å²) in [5, 5.41) is 2.13. The molecule has 0 aromatic carbocycles. The summed E-state index contributed by atoms with van der Waals surface area (Å²) >= 11 is 1.68. The maximum absolute atomic E-state index is 6.13. The zero-order chi connectivity index (χ0) is 17.4. The smallest absolute Gasteiger partial charge is 0.201 e. The van der Waals surface area contributed by atoms with Crippen LogP contribution in [0.2, 0.25) is 0 Å². The Morgan fingerprint density at radius 3 is 3.00 bits per heavy atom. The van der Waals surface area contributed by atoms with Gasteiger partial charge in [-0.15, -0.1) is 17.3 Å². The van der Waals surface area contributed by atoms with Crippen LogP contribution in [0.5, 0.6) is 0 Å². The topological polar surface area (TPSA) is 69.1 Å². The van der Waals surface area contributed by atoms with Gasteiger partial charge in [0, 0.05) is 47.2 Å². The number of aliphatic imine (C=N–C) groups is 1. The number of aromatic nitrogens is 3. The second-order valence-electron chi connectivity index (χ2n) is 6.17. The summed E-state index contributed by atoms with van der Waals surface area (Å²) in [6, 6.07) is 4.23. The molecule has 1 atom stereocenters. The van der Waals surface area contributed by atoms with E-state index in [1.165, 1.54) is 0 Å². The maximum Gasteiger partial charge on any atom is 0.201 e. The van der Waals surface area contributed by atoms with Crippen molar-refractivity contribution in [3.8, 4) is 23.0 Å². The fourth-order valence-corrected chi connectivity index (χ4v) is 4.08. The van der Waals surface area contributed by atoms with Crippen LogP contribution in [0.4, 0.5) is 0 Å². The number of thiophene rings is 1. The highest BCUT2D eigenvalue weighted by atomic mass is 32.1. The fraction of sp³-hybridized carbons (Fsp3) is 0.211. The van der Waals surface area contributed by atoms with Gasteiger partial charge in [0.15, 0.2) is 0 Å². The molecule has 0 amide bonds. The highest BCUT2D eigenvalue weighted by Crippen LogP contribution is 2.38. The Bertz CT molecular complexity index is 1030. The molecule has 1 aliphatic heterocycles. The highest BCUT2D eigenvalue weighted by Gasteiger charge is 2.34. The number of hydrogen-bond acceptors (Lipinski definition) is 5. The Balaban J connectivity index is 1.71. The lowest BCUT2D eigenvalue weighted by Crippen LogP contribution is -2.37. The van der Waals surface area contributed by atoms with Crippen molar-refractivity contribution in [1.82, 2.24) is 14.5 Å². The van der Waals surface area contributed by atoms with Gasteiger partial charge in [0.2, 0.25) is 5.96 Å². The molecule has 25 heavy (non-hydrogen) atoms. The van der Waals surface area contributed by atoms with Crippen molar-refractivity contribution in [2.24, 2.45) is 10.7 Å². The van der Waals surface area contributed by atoms with Gasteiger partial charge in [-0.1, -0.05) is 5.92 Å². The Morgan fingerprint density at radius 1 is 1.28 bits per heavy atom. The molecule has 0 fully saturated rings. The zero-order valence-corrected chi connectivity index (χ0v) is 14.8. The minimum Gasteiger partial charge on any atom is -0.369 e. The van der Waals surface area contributed by atoms with E-state index in [1.807, 2.05) is 23.9 Å². The fourth-order valence-electron chi connectivity index (χ4n) is 3.05. The average Bonchev–Trinajstić information content (AvgIpc) is 3.25. The van der Waals surface area contributed by atoms with Gasteiger partial charge in [-0.3, -0.25) is 9.55 Å². The Morgan fingerprint density at radius 2 is 2.16 bits per heavy atom. The number of imidazole rings is 1. The summed E-state index contributed by atoms with van der Waals surface area (Å²) in [7, 11) is 0. The van der Waals surface area contributed by atoms with Crippen molar-refractivity contribution in [3.05, 3.63) is 58.6 Å². The molecular weight excluding hydrogens is 330 g/mol. The third-order valence-electron chi connectivity index (χ3n) is 4.30. The van der Waals surface area contributed by atoms with Gasteiger partial charge < -0.3 is 5.73 Å². The Kier molecular flexibility index (Phi) is 3.66. The molecule has 4 rings (SSSR count). The predicted molar refractivity (Wildman–Crippen MR) is 100 cm³/mol. The van der Waals surface area contributed by atoms with Crippen molar-refractivity contribution in [2.75, 3.05) is 0 Å². The van der Waals surface area contributed by atoms with Crippen LogP contribution in [0.15, 0.2) is 47.3 Å². The lowest BCUT2D eigenvalue weighted by Gasteiger charge is -2.28. The molecule has 5 nitrogen and oxygen atoms in total. The van der Waals surface area contributed by atoms with E-state index in [0.29, 0.717) is 5.96 Å². The number of nitrogens with zero attached hydrogens (tertiary/aromatic N) is 4. The third-order valence-corrected chi connectivity index (χ3v) is 5.48. The number of rotatable bonds is 2. The van der Waals surface area contributed by atoms with Gasteiger partial charge in [-0.25, -0.2) is 9.98 Å². The van der Waals surface area contributed by atoms with Crippen LogP contribution >= 0.6 is 11.3 Å². The van der Waals surface area contributed by atoms with Crippen molar-refractivity contribution in [3.63, 3.8) is 0 Å². The molecule has 0 saturated heterocycles. The zero-order valence-electron chi connectivity index (χ0n) is 14.0. The van der Waals surface area contributed by atoms with Crippen molar-refractivity contribution in [2.45, 2.75) is 25.8 Å². The molecule has 0 saturated carbocycles. The molecule has 124 valence electrons. The molecule has 0 aliphatic carbocycles. The van der Waals surface area contributed by atoms with Crippen molar-refractivity contribution < 1.29 is 0 Å². The summed E-state index contributed by atoms with van der Waals surface area (Å²) in [6.07, 6.45) is 7.97. The minimum atomic E-state index is -0.400. The summed E-state index contributed by atoms with van der Waals surface area (Å²) < 4.78 is 1.84. The van der Waals surface area contributed by atoms with Gasteiger partial charge in [-0.05, 0) is 36.9 Å². The number of nitrogens with two attached hydrogens (primary N) is 1. The van der Waals surface area contributed by atoms with E-state index in [9.17, 15) is 0 Å². The van der Waals surface area contributed by atoms with E-state index < -0.39 is 5.54 Å². The molecule has 1 aliphatic rings. The SMILES string of the molecule is CC#Cc1cncc(-c2csc(C3(C)Cc4nccn4C(N)=N3)c2)c1. The summed E-state index contributed by atoms with van der Waals surface area (Å²) in [5.41, 5.74) is 8.82. The van der Waals surface area contributed by atoms with Crippen LogP contribution in [-0.4, -0.2) is 20.5 Å². The first-order chi connectivity index (χ1) is 12.1. The van der Waals surface area contributed by atoms with E-state index in [1.54, 1.807) is 23.7 Å². The normalized spacial score (nSPS) is 18.9. The molecular formula is C19H17N5S. The number of hydrogen-bond donors (Lipinski definition) is 1. The molecule has 0 radical (unpaired) electrons. The molecule has 6 heteroatoms. The molecule has 2 N–H and O–H groups in total. The average molecular weight is 347 g/mol. The van der Waals surface area contributed by atoms with Gasteiger partial charge in [0.05, 0.1) is 0 Å². The summed E-state index contributed by atoms with van der Waals surface area (Å²) in [4.78, 5) is 14.6. The van der Waals surface area contributed by atoms with E-state index in [2.05, 4.69) is 46.2 Å². The van der Waals surface area contributed by atoms with Crippen LogP contribution in [0.3, 0.4) is 0 Å². The van der Waals surface area contributed by atoms with Crippen LogP contribution < -0.4 is 5.73 Å². The monoisotopic (exact) mass is 347 g/mol. The van der Waals surface area contributed by atoms with E-state index in [-0.39, 0.29) is 0 Å². The minimum absolute atomic E-state index is 0.400. The third kappa shape index (κ3) is 2.73. The van der Waals surface area contributed by atoms with Gasteiger partial charge in [0.25, 0.3) is 0 Å². The molecule has 4 heterocycles. The quantitative estimate of drug-likeness (QED) is 0.725. The highest BCUT2D eigenvalue weighted by molar-refractivity contribution is 7.10. The van der Waals surface area contributed by atoms with Crippen LogP contribution in [-0.2, 0) is 12.0 Å². The standard InChI is InChI=1S/C19H17N5S/c1-3-4-13-7-14(11-21-10-13)15-8-16(25-12-15)19(2)9-17-22-5-6-24(17)18(20)23-19/h5-8,10-12H,9H2,1-2H3,(H2,20,23).